The third-order valence-electron chi connectivity index (χ3n) is 2.32. The molecule has 0 saturated heterocycles. The summed E-state index contributed by atoms with van der Waals surface area (Å²) in [6, 6.07) is 4.11. The predicted octanol–water partition coefficient (Wildman–Crippen LogP) is 0.611. The van der Waals surface area contributed by atoms with Crippen LogP contribution in [-0.4, -0.2) is 35.1 Å². The van der Waals surface area contributed by atoms with Crippen molar-refractivity contribution in [2.45, 2.75) is 18.6 Å². The number of hydrogen-bond donors (Lipinski definition) is 3. The fourth-order valence-electron chi connectivity index (χ4n) is 1.46. The monoisotopic (exact) mass is 230 g/mol. The van der Waals surface area contributed by atoms with Crippen LogP contribution in [-0.2, 0) is 0 Å². The van der Waals surface area contributed by atoms with Crippen molar-refractivity contribution < 1.29 is 24.4 Å². The smallest absolute Gasteiger partial charge is 0.132 e. The molecule has 1 aromatic carbocycles. The van der Waals surface area contributed by atoms with Crippen LogP contribution in [0, 0.1) is 5.82 Å². The molecule has 0 bridgehead atoms. The Morgan fingerprint density at radius 2 is 2.06 bits per heavy atom. The van der Waals surface area contributed by atoms with Gasteiger partial charge in [-0.1, -0.05) is 6.07 Å². The number of halogens is 1. The summed E-state index contributed by atoms with van der Waals surface area (Å²) in [4.78, 5) is 0. The average Bonchev–Trinajstić information content (AvgIpc) is 2.28. The highest BCUT2D eigenvalue weighted by atomic mass is 19.1. The first-order chi connectivity index (χ1) is 7.61. The summed E-state index contributed by atoms with van der Waals surface area (Å²) in [6.45, 7) is -0.283. The van der Waals surface area contributed by atoms with E-state index in [0.717, 1.165) is 0 Å². The molecule has 1 aromatic rings. The first-order valence-electron chi connectivity index (χ1n) is 4.91. The summed E-state index contributed by atoms with van der Waals surface area (Å²) in [5.41, 5.74) is -0.0917. The average molecular weight is 230 g/mol. The minimum Gasteiger partial charge on any atom is -0.496 e. The first kappa shape index (κ1) is 12.9. The number of benzene rings is 1. The molecule has 0 fully saturated rings. The Bertz CT molecular complexity index is 343. The van der Waals surface area contributed by atoms with Crippen LogP contribution in [0.2, 0.25) is 0 Å². The van der Waals surface area contributed by atoms with Gasteiger partial charge in [-0.15, -0.1) is 0 Å². The second-order valence-corrected chi connectivity index (χ2v) is 3.38. The maximum absolute atomic E-state index is 13.5. The lowest BCUT2D eigenvalue weighted by atomic mass is 10.0. The van der Waals surface area contributed by atoms with Crippen molar-refractivity contribution in [2.75, 3.05) is 13.7 Å². The van der Waals surface area contributed by atoms with Gasteiger partial charge in [0.05, 0.1) is 18.8 Å². The summed E-state index contributed by atoms with van der Waals surface area (Å²) in [5, 5.41) is 27.8. The molecule has 0 aliphatic heterocycles. The van der Waals surface area contributed by atoms with Gasteiger partial charge in [-0.2, -0.15) is 0 Å². The van der Waals surface area contributed by atoms with Gasteiger partial charge < -0.3 is 20.1 Å². The quantitative estimate of drug-likeness (QED) is 0.693. The van der Waals surface area contributed by atoms with Crippen LogP contribution in [0.1, 0.15) is 18.1 Å². The van der Waals surface area contributed by atoms with E-state index >= 15 is 0 Å². The maximum Gasteiger partial charge on any atom is 0.132 e. The molecule has 0 aliphatic carbocycles. The number of rotatable bonds is 5. The fourth-order valence-corrected chi connectivity index (χ4v) is 1.46. The Morgan fingerprint density at radius 1 is 1.38 bits per heavy atom. The molecule has 0 saturated carbocycles. The van der Waals surface area contributed by atoms with E-state index in [0.29, 0.717) is 0 Å². The molecule has 16 heavy (non-hydrogen) atoms. The van der Waals surface area contributed by atoms with Crippen molar-refractivity contribution in [2.24, 2.45) is 0 Å². The van der Waals surface area contributed by atoms with E-state index in [1.165, 1.54) is 25.3 Å². The number of methoxy groups -OCH3 is 1. The van der Waals surface area contributed by atoms with Gasteiger partial charge in [-0.05, 0) is 18.6 Å². The molecule has 4 nitrogen and oxygen atoms in total. The Hall–Kier alpha value is -1.17. The van der Waals surface area contributed by atoms with Gasteiger partial charge in [0.1, 0.15) is 17.7 Å². The van der Waals surface area contributed by atoms with E-state index in [9.17, 15) is 14.6 Å². The van der Waals surface area contributed by atoms with E-state index in [1.807, 2.05) is 0 Å². The van der Waals surface area contributed by atoms with Crippen molar-refractivity contribution in [3.8, 4) is 5.75 Å². The maximum atomic E-state index is 13.5. The van der Waals surface area contributed by atoms with E-state index in [-0.39, 0.29) is 24.3 Å². The normalized spacial score (nSPS) is 14.6. The van der Waals surface area contributed by atoms with Crippen LogP contribution in [0.25, 0.3) is 0 Å². The van der Waals surface area contributed by atoms with Gasteiger partial charge in [0.2, 0.25) is 0 Å². The number of hydrogen-bond acceptors (Lipinski definition) is 4. The largest absolute Gasteiger partial charge is 0.496 e. The van der Waals surface area contributed by atoms with Crippen LogP contribution >= 0.6 is 0 Å². The topological polar surface area (TPSA) is 69.9 Å². The summed E-state index contributed by atoms with van der Waals surface area (Å²) < 4.78 is 18.4. The highest BCUT2D eigenvalue weighted by Crippen LogP contribution is 2.30. The van der Waals surface area contributed by atoms with Crippen LogP contribution in [0.3, 0.4) is 0 Å². The van der Waals surface area contributed by atoms with Crippen molar-refractivity contribution in [3.05, 3.63) is 29.6 Å². The second-order valence-electron chi connectivity index (χ2n) is 3.38. The lowest BCUT2D eigenvalue weighted by Crippen LogP contribution is -2.21. The molecule has 1 rings (SSSR count). The first-order valence-corrected chi connectivity index (χ1v) is 4.91. The molecule has 2 unspecified atom stereocenters. The predicted molar refractivity (Wildman–Crippen MR) is 55.6 cm³/mol. The zero-order chi connectivity index (χ0) is 12.1. The van der Waals surface area contributed by atoms with Crippen LogP contribution in [0.15, 0.2) is 18.2 Å². The third kappa shape index (κ3) is 2.69. The molecule has 0 radical (unpaired) electrons. The molecule has 2 atom stereocenters. The second kappa shape index (κ2) is 5.79. The van der Waals surface area contributed by atoms with Gasteiger partial charge in [-0.3, -0.25) is 0 Å². The molecule has 3 N–H and O–H groups in total. The zero-order valence-corrected chi connectivity index (χ0v) is 8.93. The lowest BCUT2D eigenvalue weighted by molar-refractivity contribution is 0.00111. The molecular weight excluding hydrogens is 215 g/mol. The van der Waals surface area contributed by atoms with Crippen molar-refractivity contribution in [3.63, 3.8) is 0 Å². The van der Waals surface area contributed by atoms with Gasteiger partial charge in [0.15, 0.2) is 0 Å². The minimum atomic E-state index is -1.41. The number of aliphatic hydroxyl groups excluding tert-OH is 3. The molecule has 5 heteroatoms. The number of aliphatic hydroxyl groups is 3. The van der Waals surface area contributed by atoms with Crippen LogP contribution in [0.5, 0.6) is 5.75 Å². The van der Waals surface area contributed by atoms with Gasteiger partial charge in [0.25, 0.3) is 0 Å². The molecule has 90 valence electrons. The highest BCUT2D eigenvalue weighted by molar-refractivity contribution is 5.36. The van der Waals surface area contributed by atoms with Crippen LogP contribution < -0.4 is 4.74 Å². The Kier molecular flexibility index (Phi) is 4.67. The van der Waals surface area contributed by atoms with E-state index in [4.69, 9.17) is 9.84 Å². The summed E-state index contributed by atoms with van der Waals surface area (Å²) in [5.74, 6) is -0.478. The summed E-state index contributed by atoms with van der Waals surface area (Å²) in [7, 11) is 1.35. The summed E-state index contributed by atoms with van der Waals surface area (Å²) >= 11 is 0. The standard InChI is InChI=1S/C11H15FO4/c1-16-9-4-2-3-7(12)10(9)11(15)8(14)5-6-13/h2-4,8,11,13-15H,5-6H2,1H3. The molecule has 0 amide bonds. The minimum absolute atomic E-state index is 0.0291. The lowest BCUT2D eigenvalue weighted by Gasteiger charge is -2.20. The molecular formula is C11H15FO4. The third-order valence-corrected chi connectivity index (χ3v) is 2.32. The Labute approximate surface area is 92.9 Å². The fraction of sp³-hybridized carbons (Fsp3) is 0.455. The molecule has 0 aromatic heterocycles. The van der Waals surface area contributed by atoms with Crippen molar-refractivity contribution in [1.82, 2.24) is 0 Å². The number of ether oxygens (including phenoxy) is 1. The SMILES string of the molecule is COc1cccc(F)c1C(O)C(O)CCO. The van der Waals surface area contributed by atoms with E-state index in [2.05, 4.69) is 0 Å². The molecule has 0 spiro atoms. The Balaban J connectivity index is 3.01. The van der Waals surface area contributed by atoms with E-state index < -0.39 is 18.0 Å². The van der Waals surface area contributed by atoms with Gasteiger partial charge >= 0.3 is 0 Å². The highest BCUT2D eigenvalue weighted by Gasteiger charge is 2.24. The van der Waals surface area contributed by atoms with Gasteiger partial charge in [0, 0.05) is 6.61 Å². The van der Waals surface area contributed by atoms with Crippen molar-refractivity contribution in [1.29, 1.82) is 0 Å². The molecule has 0 heterocycles. The van der Waals surface area contributed by atoms with E-state index in [1.54, 1.807) is 0 Å². The summed E-state index contributed by atoms with van der Waals surface area (Å²) in [6.07, 6.45) is -2.67. The van der Waals surface area contributed by atoms with Gasteiger partial charge in [-0.25, -0.2) is 4.39 Å². The van der Waals surface area contributed by atoms with Crippen LogP contribution in [0.4, 0.5) is 4.39 Å². The zero-order valence-electron chi connectivity index (χ0n) is 8.93. The Morgan fingerprint density at radius 3 is 2.62 bits per heavy atom. The molecule has 0 aliphatic rings. The van der Waals surface area contributed by atoms with Crippen molar-refractivity contribution >= 4 is 0 Å².